The first-order valence-corrected chi connectivity index (χ1v) is 6.64. The fraction of sp³-hybridized carbons (Fsp3) is 0.0667. The Labute approximate surface area is 125 Å². The smallest absolute Gasteiger partial charge is 0.272 e. The number of amides is 1. The molecule has 2 N–H and O–H groups in total. The molecule has 0 spiro atoms. The number of benzene rings is 1. The number of hydrogen-bond acceptors (Lipinski definition) is 3. The maximum absolute atomic E-state index is 12.2. The number of carbonyl (C=O) groups is 1. The third kappa shape index (κ3) is 2.83. The number of aromatic nitrogens is 2. The van der Waals surface area contributed by atoms with E-state index < -0.39 is 0 Å². The zero-order valence-corrected chi connectivity index (χ0v) is 11.9. The average molecular weight is 302 g/mol. The molecule has 1 aromatic carbocycles. The number of nitrogens with one attached hydrogen (secondary N) is 2. The lowest BCUT2D eigenvalue weighted by molar-refractivity contribution is 0.102. The van der Waals surface area contributed by atoms with Crippen LogP contribution in [0.1, 0.15) is 10.5 Å². The Morgan fingerprint density at radius 1 is 1.24 bits per heavy atom. The van der Waals surface area contributed by atoms with Crippen molar-refractivity contribution in [1.82, 2.24) is 9.97 Å². The number of fused-ring (bicyclic) bond motifs is 1. The van der Waals surface area contributed by atoms with Crippen molar-refractivity contribution in [3.8, 4) is 5.75 Å². The number of H-pyrrole nitrogens is 1. The molecule has 0 unspecified atom stereocenters. The first-order chi connectivity index (χ1) is 10.2. The molecule has 0 aliphatic carbocycles. The number of anilines is 1. The van der Waals surface area contributed by atoms with E-state index in [1.165, 1.54) is 0 Å². The Hall–Kier alpha value is -2.53. The number of nitrogens with zero attached hydrogens (tertiary/aromatic N) is 1. The number of ether oxygens (including phenoxy) is 1. The van der Waals surface area contributed by atoms with E-state index in [9.17, 15) is 4.79 Å². The van der Waals surface area contributed by atoms with Crippen LogP contribution in [0, 0.1) is 0 Å². The topological polar surface area (TPSA) is 67.0 Å². The van der Waals surface area contributed by atoms with E-state index in [1.54, 1.807) is 43.5 Å². The number of methoxy groups -OCH3 is 1. The molecule has 5 nitrogen and oxygen atoms in total. The van der Waals surface area contributed by atoms with Gasteiger partial charge in [0.25, 0.3) is 5.91 Å². The van der Waals surface area contributed by atoms with Crippen molar-refractivity contribution in [2.75, 3.05) is 12.4 Å². The Morgan fingerprint density at radius 2 is 2.00 bits per heavy atom. The molecule has 0 fully saturated rings. The average Bonchev–Trinajstić information content (AvgIpc) is 2.91. The third-order valence-electron chi connectivity index (χ3n) is 3.04. The van der Waals surface area contributed by atoms with Crippen molar-refractivity contribution in [1.29, 1.82) is 0 Å². The van der Waals surface area contributed by atoms with Crippen LogP contribution in [0.4, 0.5) is 5.69 Å². The van der Waals surface area contributed by atoms with E-state index in [0.29, 0.717) is 22.2 Å². The normalized spacial score (nSPS) is 10.6. The molecule has 0 saturated carbocycles. The summed E-state index contributed by atoms with van der Waals surface area (Å²) in [6.07, 6.45) is 0. The maximum Gasteiger partial charge on any atom is 0.272 e. The van der Waals surface area contributed by atoms with Crippen LogP contribution in [0.5, 0.6) is 5.75 Å². The van der Waals surface area contributed by atoms with Crippen LogP contribution in [0.25, 0.3) is 11.0 Å². The van der Waals surface area contributed by atoms with Crippen LogP contribution in [0.15, 0.2) is 42.5 Å². The predicted octanol–water partition coefficient (Wildman–Crippen LogP) is 3.48. The van der Waals surface area contributed by atoms with E-state index in [-0.39, 0.29) is 5.91 Å². The summed E-state index contributed by atoms with van der Waals surface area (Å²) in [6, 6.07) is 12.3. The van der Waals surface area contributed by atoms with Gasteiger partial charge in [0, 0.05) is 11.1 Å². The molecular weight excluding hydrogens is 290 g/mol. The second-order valence-corrected chi connectivity index (χ2v) is 4.82. The van der Waals surface area contributed by atoms with Gasteiger partial charge in [0.15, 0.2) is 0 Å². The fourth-order valence-electron chi connectivity index (χ4n) is 1.98. The van der Waals surface area contributed by atoms with Crippen molar-refractivity contribution in [3.05, 3.63) is 53.3 Å². The Morgan fingerprint density at radius 3 is 2.71 bits per heavy atom. The molecule has 3 rings (SSSR count). The minimum absolute atomic E-state index is 0.241. The standard InChI is InChI=1S/C15H12ClN3O2/c1-21-11-5-3-10(4-6-11)17-15(20)12-8-9-2-7-13(16)19-14(9)18-12/h2-8H,1H3,(H,17,20)(H,18,19). The van der Waals surface area contributed by atoms with Crippen molar-refractivity contribution in [2.24, 2.45) is 0 Å². The number of carbonyl (C=O) groups excluding carboxylic acids is 1. The van der Waals surface area contributed by atoms with Gasteiger partial charge >= 0.3 is 0 Å². The third-order valence-corrected chi connectivity index (χ3v) is 3.25. The van der Waals surface area contributed by atoms with Gasteiger partial charge in [-0.05, 0) is 42.5 Å². The van der Waals surface area contributed by atoms with Gasteiger partial charge in [-0.3, -0.25) is 4.79 Å². The molecule has 0 atom stereocenters. The fourth-order valence-corrected chi connectivity index (χ4v) is 2.12. The van der Waals surface area contributed by atoms with Crippen LogP contribution >= 0.6 is 11.6 Å². The van der Waals surface area contributed by atoms with Crippen LogP contribution in [0.3, 0.4) is 0 Å². The molecule has 2 heterocycles. The molecule has 2 aromatic heterocycles. The van der Waals surface area contributed by atoms with E-state index >= 15 is 0 Å². The van der Waals surface area contributed by atoms with Gasteiger partial charge in [-0.25, -0.2) is 4.98 Å². The molecule has 106 valence electrons. The SMILES string of the molecule is COc1ccc(NC(=O)c2cc3ccc(Cl)nc3[nH]2)cc1. The van der Waals surface area contributed by atoms with Crippen LogP contribution in [0.2, 0.25) is 5.15 Å². The summed E-state index contributed by atoms with van der Waals surface area (Å²) in [5, 5.41) is 4.01. The van der Waals surface area contributed by atoms with Crippen LogP contribution < -0.4 is 10.1 Å². The van der Waals surface area contributed by atoms with E-state index in [4.69, 9.17) is 16.3 Å². The van der Waals surface area contributed by atoms with Gasteiger partial charge in [0.1, 0.15) is 22.2 Å². The Bertz CT molecular complexity index is 796. The van der Waals surface area contributed by atoms with Crippen molar-refractivity contribution >= 4 is 34.2 Å². The minimum Gasteiger partial charge on any atom is -0.497 e. The van der Waals surface area contributed by atoms with Gasteiger partial charge < -0.3 is 15.0 Å². The second-order valence-electron chi connectivity index (χ2n) is 4.44. The van der Waals surface area contributed by atoms with Gasteiger partial charge in [-0.1, -0.05) is 11.6 Å². The van der Waals surface area contributed by atoms with Gasteiger partial charge in [-0.2, -0.15) is 0 Å². The molecule has 1 amide bonds. The molecule has 0 aliphatic rings. The van der Waals surface area contributed by atoms with Gasteiger partial charge in [-0.15, -0.1) is 0 Å². The molecule has 0 radical (unpaired) electrons. The number of pyridine rings is 1. The first kappa shape index (κ1) is 13.5. The van der Waals surface area contributed by atoms with Gasteiger partial charge in [0.2, 0.25) is 0 Å². The molecule has 6 heteroatoms. The summed E-state index contributed by atoms with van der Waals surface area (Å²) >= 11 is 5.82. The number of halogens is 1. The van der Waals surface area contributed by atoms with Gasteiger partial charge in [0.05, 0.1) is 7.11 Å². The maximum atomic E-state index is 12.2. The quantitative estimate of drug-likeness (QED) is 0.728. The zero-order chi connectivity index (χ0) is 14.8. The Balaban J connectivity index is 1.82. The van der Waals surface area contributed by atoms with E-state index in [0.717, 1.165) is 11.1 Å². The highest BCUT2D eigenvalue weighted by Crippen LogP contribution is 2.19. The lowest BCUT2D eigenvalue weighted by Gasteiger charge is -2.04. The summed E-state index contributed by atoms with van der Waals surface area (Å²) in [5.74, 6) is 0.492. The lowest BCUT2D eigenvalue weighted by Crippen LogP contribution is -2.12. The second kappa shape index (κ2) is 5.46. The Kier molecular flexibility index (Phi) is 3.50. The number of rotatable bonds is 3. The molecular formula is C15H12ClN3O2. The minimum atomic E-state index is -0.241. The highest BCUT2D eigenvalue weighted by Gasteiger charge is 2.10. The van der Waals surface area contributed by atoms with E-state index in [2.05, 4.69) is 15.3 Å². The summed E-state index contributed by atoms with van der Waals surface area (Å²) in [4.78, 5) is 19.3. The highest BCUT2D eigenvalue weighted by atomic mass is 35.5. The largest absolute Gasteiger partial charge is 0.497 e. The number of hydrogen-bond donors (Lipinski definition) is 2. The van der Waals surface area contributed by atoms with Crippen molar-refractivity contribution in [3.63, 3.8) is 0 Å². The molecule has 0 saturated heterocycles. The summed E-state index contributed by atoms with van der Waals surface area (Å²) in [5.41, 5.74) is 1.70. The van der Waals surface area contributed by atoms with Crippen LogP contribution in [-0.2, 0) is 0 Å². The molecule has 0 bridgehead atoms. The molecule has 3 aromatic rings. The lowest BCUT2D eigenvalue weighted by atomic mass is 10.3. The highest BCUT2D eigenvalue weighted by molar-refractivity contribution is 6.29. The van der Waals surface area contributed by atoms with Crippen molar-refractivity contribution < 1.29 is 9.53 Å². The summed E-state index contributed by atoms with van der Waals surface area (Å²) in [7, 11) is 1.59. The summed E-state index contributed by atoms with van der Waals surface area (Å²) < 4.78 is 5.07. The monoisotopic (exact) mass is 301 g/mol. The molecule has 0 aliphatic heterocycles. The predicted molar refractivity (Wildman–Crippen MR) is 82.1 cm³/mol. The zero-order valence-electron chi connectivity index (χ0n) is 11.2. The first-order valence-electron chi connectivity index (χ1n) is 6.26. The van der Waals surface area contributed by atoms with Crippen molar-refractivity contribution in [2.45, 2.75) is 0 Å². The number of aromatic amines is 1. The van der Waals surface area contributed by atoms with Crippen LogP contribution in [-0.4, -0.2) is 23.0 Å². The van der Waals surface area contributed by atoms with E-state index in [1.807, 2.05) is 6.07 Å². The molecule has 21 heavy (non-hydrogen) atoms. The summed E-state index contributed by atoms with van der Waals surface area (Å²) in [6.45, 7) is 0.